The molecule has 0 aliphatic rings. The molecule has 0 aliphatic heterocycles. The summed E-state index contributed by atoms with van der Waals surface area (Å²) in [5.74, 6) is -0.0485. The first-order valence-corrected chi connectivity index (χ1v) is 35.8. The molecule has 3 N–H and O–H groups in total. The van der Waals surface area contributed by atoms with Crippen molar-refractivity contribution in [1.29, 1.82) is 0 Å². The summed E-state index contributed by atoms with van der Waals surface area (Å²) in [5, 5.41) is 23.2. The van der Waals surface area contributed by atoms with Crippen molar-refractivity contribution in [2.24, 2.45) is 0 Å². The number of rotatable bonds is 67. The minimum Gasteiger partial charge on any atom is -0.466 e. The monoisotopic (exact) mass is 1110 g/mol. The van der Waals surface area contributed by atoms with Crippen LogP contribution in [0.25, 0.3) is 0 Å². The highest BCUT2D eigenvalue weighted by Gasteiger charge is 2.18. The Labute approximate surface area is 494 Å². The number of ether oxygens (including phenoxy) is 1. The van der Waals surface area contributed by atoms with E-state index in [4.69, 9.17) is 4.74 Å². The molecule has 0 rings (SSSR count). The molecule has 0 aliphatic carbocycles. The van der Waals surface area contributed by atoms with Gasteiger partial charge in [0.2, 0.25) is 5.91 Å². The zero-order valence-corrected chi connectivity index (χ0v) is 53.4. The second-order valence-corrected chi connectivity index (χ2v) is 24.6. The number of amides is 1. The molecule has 0 radical (unpaired) electrons. The molecule has 0 bridgehead atoms. The van der Waals surface area contributed by atoms with E-state index in [2.05, 4.69) is 43.5 Å². The fraction of sp³-hybridized carbons (Fsp3) is 0.890. The van der Waals surface area contributed by atoms with Crippen molar-refractivity contribution in [3.05, 3.63) is 36.5 Å². The number of aliphatic hydroxyl groups is 2. The van der Waals surface area contributed by atoms with Gasteiger partial charge in [-0.3, -0.25) is 9.59 Å². The maximum absolute atomic E-state index is 12.5. The number of nitrogens with one attached hydrogen (secondary N) is 1. The molecule has 6 nitrogen and oxygen atoms in total. The lowest BCUT2D eigenvalue weighted by Gasteiger charge is -2.20. The fourth-order valence-corrected chi connectivity index (χ4v) is 11.2. The molecular formula is C73H139NO5. The van der Waals surface area contributed by atoms with Crippen molar-refractivity contribution in [3.8, 4) is 0 Å². The Morgan fingerprint density at radius 2 is 0.633 bits per heavy atom. The molecule has 1 amide bonds. The Morgan fingerprint density at radius 3 is 0.962 bits per heavy atom. The smallest absolute Gasteiger partial charge is 0.305 e. The van der Waals surface area contributed by atoms with Crippen LogP contribution in [-0.4, -0.2) is 47.4 Å². The molecule has 466 valence electrons. The summed E-state index contributed by atoms with van der Waals surface area (Å²) in [5.41, 5.74) is 0. The second-order valence-electron chi connectivity index (χ2n) is 24.6. The van der Waals surface area contributed by atoms with Gasteiger partial charge in [0.15, 0.2) is 0 Å². The van der Waals surface area contributed by atoms with Crippen molar-refractivity contribution in [1.82, 2.24) is 5.32 Å². The average molecular weight is 1110 g/mol. The standard InChI is InChI=1S/C73H139NO5/c1-3-5-7-9-11-13-15-17-19-39-43-47-51-55-59-63-67-73(78)79-68-64-60-56-52-48-44-40-36-34-32-30-28-26-24-22-20-21-23-25-27-29-31-33-35-38-42-46-50-54-58-62-66-72(77)74-70(69-75)71(76)65-61-57-53-49-45-41-37-18-16-14-12-10-8-6-4-2/h22,24,28,30,61,65,70-71,75-76H,3-21,23,25-27,29,31-60,62-64,66-69H2,1-2H3,(H,74,77)/b24-22-,30-28-,65-61+. The number of allylic oxidation sites excluding steroid dienone is 5. The first-order valence-electron chi connectivity index (χ1n) is 35.8. The van der Waals surface area contributed by atoms with Gasteiger partial charge >= 0.3 is 5.97 Å². The average Bonchev–Trinajstić information content (AvgIpc) is 3.45. The highest BCUT2D eigenvalue weighted by molar-refractivity contribution is 5.76. The first-order chi connectivity index (χ1) is 39.0. The summed E-state index contributed by atoms with van der Waals surface area (Å²) in [4.78, 5) is 24.6. The van der Waals surface area contributed by atoms with Gasteiger partial charge in [0, 0.05) is 12.8 Å². The Kier molecular flexibility index (Phi) is 66.9. The molecule has 2 unspecified atom stereocenters. The van der Waals surface area contributed by atoms with Crippen molar-refractivity contribution >= 4 is 11.9 Å². The maximum atomic E-state index is 12.5. The molecule has 79 heavy (non-hydrogen) atoms. The third-order valence-corrected chi connectivity index (χ3v) is 16.7. The molecule has 6 heteroatoms. The lowest BCUT2D eigenvalue weighted by molar-refractivity contribution is -0.143. The summed E-state index contributed by atoms with van der Waals surface area (Å²) < 4.78 is 5.50. The number of carbonyl (C=O) groups is 2. The maximum Gasteiger partial charge on any atom is 0.305 e. The Balaban J connectivity index is 3.39. The number of carbonyl (C=O) groups excluding carboxylic acids is 2. The number of hydrogen-bond acceptors (Lipinski definition) is 5. The largest absolute Gasteiger partial charge is 0.466 e. The fourth-order valence-electron chi connectivity index (χ4n) is 11.2. The number of unbranched alkanes of at least 4 members (excludes halogenated alkanes) is 52. The predicted molar refractivity (Wildman–Crippen MR) is 347 cm³/mol. The van der Waals surface area contributed by atoms with Crippen molar-refractivity contribution in [2.75, 3.05) is 13.2 Å². The van der Waals surface area contributed by atoms with Crippen molar-refractivity contribution < 1.29 is 24.5 Å². The first kappa shape index (κ1) is 77.1. The molecular weight excluding hydrogens is 971 g/mol. The number of aliphatic hydroxyl groups excluding tert-OH is 2. The van der Waals surface area contributed by atoms with Gasteiger partial charge in [0.05, 0.1) is 25.4 Å². The topological polar surface area (TPSA) is 95.9 Å². The quantitative estimate of drug-likeness (QED) is 0.0320. The minimum atomic E-state index is -0.844. The highest BCUT2D eigenvalue weighted by Crippen LogP contribution is 2.18. The molecule has 0 aromatic heterocycles. The van der Waals surface area contributed by atoms with E-state index >= 15 is 0 Å². The number of esters is 1. The van der Waals surface area contributed by atoms with Crippen LogP contribution < -0.4 is 5.32 Å². The molecule has 0 saturated carbocycles. The molecule has 0 heterocycles. The third-order valence-electron chi connectivity index (χ3n) is 16.7. The van der Waals surface area contributed by atoms with Gasteiger partial charge < -0.3 is 20.3 Å². The number of hydrogen-bond donors (Lipinski definition) is 3. The van der Waals surface area contributed by atoms with E-state index in [1.807, 2.05) is 6.08 Å². The van der Waals surface area contributed by atoms with Crippen LogP contribution >= 0.6 is 0 Å². The van der Waals surface area contributed by atoms with E-state index in [0.29, 0.717) is 19.4 Å². The minimum absolute atomic E-state index is 0.0168. The summed E-state index contributed by atoms with van der Waals surface area (Å²) in [6.07, 6.45) is 88.0. The van der Waals surface area contributed by atoms with Crippen LogP contribution in [-0.2, 0) is 14.3 Å². The van der Waals surface area contributed by atoms with Crippen molar-refractivity contribution in [2.45, 2.75) is 405 Å². The van der Waals surface area contributed by atoms with Gasteiger partial charge in [0.25, 0.3) is 0 Å². The van der Waals surface area contributed by atoms with Gasteiger partial charge in [-0.1, -0.05) is 352 Å². The predicted octanol–water partition coefficient (Wildman–Crippen LogP) is 23.1. The van der Waals surface area contributed by atoms with Gasteiger partial charge in [-0.15, -0.1) is 0 Å². The van der Waals surface area contributed by atoms with E-state index in [-0.39, 0.29) is 18.5 Å². The zero-order valence-electron chi connectivity index (χ0n) is 53.4. The summed E-state index contributed by atoms with van der Waals surface area (Å²) >= 11 is 0. The summed E-state index contributed by atoms with van der Waals surface area (Å²) in [7, 11) is 0. The van der Waals surface area contributed by atoms with Gasteiger partial charge in [-0.2, -0.15) is 0 Å². The molecule has 0 fully saturated rings. The van der Waals surface area contributed by atoms with E-state index in [0.717, 1.165) is 44.9 Å². The van der Waals surface area contributed by atoms with Crippen LogP contribution in [0.2, 0.25) is 0 Å². The van der Waals surface area contributed by atoms with E-state index in [1.54, 1.807) is 6.08 Å². The summed E-state index contributed by atoms with van der Waals surface area (Å²) in [6, 6.07) is -0.627. The van der Waals surface area contributed by atoms with Crippen LogP contribution in [0.1, 0.15) is 393 Å². The van der Waals surface area contributed by atoms with Crippen LogP contribution in [0.15, 0.2) is 36.5 Å². The normalized spacial score (nSPS) is 12.7. The van der Waals surface area contributed by atoms with Crippen LogP contribution in [0, 0.1) is 0 Å². The van der Waals surface area contributed by atoms with Crippen molar-refractivity contribution in [3.63, 3.8) is 0 Å². The molecule has 0 saturated heterocycles. The van der Waals surface area contributed by atoms with E-state index in [1.165, 1.54) is 321 Å². The van der Waals surface area contributed by atoms with Gasteiger partial charge in [0.1, 0.15) is 0 Å². The van der Waals surface area contributed by atoms with Gasteiger partial charge in [-0.25, -0.2) is 0 Å². The molecule has 0 aromatic carbocycles. The second kappa shape index (κ2) is 68.6. The van der Waals surface area contributed by atoms with E-state index < -0.39 is 12.1 Å². The Morgan fingerprint density at radius 1 is 0.354 bits per heavy atom. The lowest BCUT2D eigenvalue weighted by atomic mass is 10.0. The molecule has 0 spiro atoms. The Hall–Kier alpha value is -1.92. The van der Waals surface area contributed by atoms with Crippen LogP contribution in [0.4, 0.5) is 0 Å². The van der Waals surface area contributed by atoms with Crippen LogP contribution in [0.5, 0.6) is 0 Å². The zero-order chi connectivity index (χ0) is 57.1. The van der Waals surface area contributed by atoms with Gasteiger partial charge in [-0.05, 0) is 64.2 Å². The van der Waals surface area contributed by atoms with Crippen LogP contribution in [0.3, 0.4) is 0 Å². The molecule has 2 atom stereocenters. The lowest BCUT2D eigenvalue weighted by Crippen LogP contribution is -2.45. The van der Waals surface area contributed by atoms with E-state index in [9.17, 15) is 19.8 Å². The SMILES string of the molecule is CCCCCCCCCCCCCCC/C=C/C(O)C(CO)NC(=O)CCCCCCCCCCCCCCCCC/C=C\C/C=C\CCCCCCCCCCCOC(=O)CCCCCCCCCCCCCCCCCC. The molecule has 0 aromatic rings. The summed E-state index contributed by atoms with van der Waals surface area (Å²) in [6.45, 7) is 4.93. The Bertz CT molecular complexity index is 1280. The highest BCUT2D eigenvalue weighted by atomic mass is 16.5. The third kappa shape index (κ3) is 65.1.